The van der Waals surface area contributed by atoms with Crippen molar-refractivity contribution in [2.45, 2.75) is 5.88 Å². The molecule has 0 aromatic heterocycles. The van der Waals surface area contributed by atoms with Crippen LogP contribution in [0.4, 0.5) is 0 Å². The van der Waals surface area contributed by atoms with E-state index in [0.29, 0.717) is 5.88 Å². The lowest BCUT2D eigenvalue weighted by atomic mass is 10.1. The minimum Gasteiger partial charge on any atom is -0.359 e. The van der Waals surface area contributed by atoms with Crippen molar-refractivity contribution in [1.29, 1.82) is 0 Å². The number of benzene rings is 1. The van der Waals surface area contributed by atoms with Gasteiger partial charge in [-0.1, -0.05) is 18.1 Å². The average Bonchev–Trinajstić information content (AvgIpc) is 2.15. The molecule has 1 amide bonds. The first-order chi connectivity index (χ1) is 6.22. The van der Waals surface area contributed by atoms with Gasteiger partial charge in [-0.15, -0.1) is 11.6 Å². The topological polar surface area (TPSA) is 43.1 Å². The van der Waals surface area contributed by atoms with Crippen LogP contribution in [-0.2, 0) is 10.7 Å². The molecule has 0 atom stereocenters. The van der Waals surface area contributed by atoms with Crippen molar-refractivity contribution in [2.75, 3.05) is 0 Å². The minimum absolute atomic E-state index is 0.476. The van der Waals surface area contributed by atoms with Gasteiger partial charge < -0.3 is 5.73 Å². The van der Waals surface area contributed by atoms with E-state index in [0.717, 1.165) is 11.1 Å². The maximum atomic E-state index is 10.3. The molecule has 0 aliphatic rings. The van der Waals surface area contributed by atoms with E-state index in [2.05, 4.69) is 11.8 Å². The molecule has 0 heterocycles. The van der Waals surface area contributed by atoms with E-state index in [1.807, 2.05) is 12.1 Å². The van der Waals surface area contributed by atoms with Gasteiger partial charge in [0.05, 0.1) is 0 Å². The molecule has 13 heavy (non-hydrogen) atoms. The standard InChI is InChI=1S/C10H8ClNO/c11-7-9-3-1-8(2-4-9)5-6-10(12)13/h1-4H,7H2,(H2,12,13). The van der Waals surface area contributed by atoms with Crippen LogP contribution in [0, 0.1) is 11.8 Å². The highest BCUT2D eigenvalue weighted by atomic mass is 35.5. The number of hydrogen-bond donors (Lipinski definition) is 1. The summed E-state index contributed by atoms with van der Waals surface area (Å²) < 4.78 is 0. The zero-order valence-electron chi connectivity index (χ0n) is 6.88. The Hall–Kier alpha value is -1.46. The molecule has 1 rings (SSSR count). The summed E-state index contributed by atoms with van der Waals surface area (Å²) in [5.74, 6) is 4.73. The SMILES string of the molecule is NC(=O)C#Cc1ccc(CCl)cc1. The van der Waals surface area contributed by atoms with Crippen LogP contribution in [0.3, 0.4) is 0 Å². The highest BCUT2D eigenvalue weighted by molar-refractivity contribution is 6.17. The minimum atomic E-state index is -0.624. The molecule has 0 fully saturated rings. The largest absolute Gasteiger partial charge is 0.359 e. The van der Waals surface area contributed by atoms with Gasteiger partial charge in [0, 0.05) is 11.4 Å². The lowest BCUT2D eigenvalue weighted by Crippen LogP contribution is -2.06. The highest BCUT2D eigenvalue weighted by Gasteiger charge is 1.89. The first-order valence-corrected chi connectivity index (χ1v) is 4.22. The molecule has 1 aromatic carbocycles. The van der Waals surface area contributed by atoms with Crippen molar-refractivity contribution in [3.8, 4) is 11.8 Å². The zero-order chi connectivity index (χ0) is 9.68. The summed E-state index contributed by atoms with van der Waals surface area (Å²) in [5, 5.41) is 0. The normalized spacial score (nSPS) is 8.69. The second-order valence-electron chi connectivity index (χ2n) is 2.44. The third-order valence-corrected chi connectivity index (χ3v) is 1.75. The Morgan fingerprint density at radius 3 is 2.46 bits per heavy atom. The lowest BCUT2D eigenvalue weighted by Gasteiger charge is -1.93. The Morgan fingerprint density at radius 1 is 1.38 bits per heavy atom. The van der Waals surface area contributed by atoms with E-state index in [9.17, 15) is 4.79 Å². The number of carbonyl (C=O) groups excluding carboxylic acids is 1. The molecule has 0 aliphatic carbocycles. The first kappa shape index (κ1) is 9.63. The van der Waals surface area contributed by atoms with Crippen LogP contribution in [0.1, 0.15) is 11.1 Å². The molecule has 0 spiro atoms. The number of primary amides is 1. The third kappa shape index (κ3) is 3.18. The lowest BCUT2D eigenvalue weighted by molar-refractivity contribution is -0.112. The van der Waals surface area contributed by atoms with Crippen LogP contribution < -0.4 is 5.73 Å². The smallest absolute Gasteiger partial charge is 0.293 e. The van der Waals surface area contributed by atoms with Gasteiger partial charge in [-0.3, -0.25) is 4.79 Å². The fourth-order valence-electron chi connectivity index (χ4n) is 0.811. The summed E-state index contributed by atoms with van der Waals surface area (Å²) in [5.41, 5.74) is 6.64. The van der Waals surface area contributed by atoms with Crippen LogP contribution in [0.2, 0.25) is 0 Å². The van der Waals surface area contributed by atoms with Gasteiger partial charge in [0.15, 0.2) is 0 Å². The quantitative estimate of drug-likeness (QED) is 0.530. The van der Waals surface area contributed by atoms with Crippen LogP contribution in [0.5, 0.6) is 0 Å². The van der Waals surface area contributed by atoms with Crippen molar-refractivity contribution in [1.82, 2.24) is 0 Å². The van der Waals surface area contributed by atoms with Crippen LogP contribution >= 0.6 is 11.6 Å². The average molecular weight is 194 g/mol. The molecule has 0 radical (unpaired) electrons. The maximum absolute atomic E-state index is 10.3. The second kappa shape index (κ2) is 4.54. The summed E-state index contributed by atoms with van der Waals surface area (Å²) >= 11 is 5.60. The number of carbonyl (C=O) groups is 1. The van der Waals surface area contributed by atoms with Crippen LogP contribution in [-0.4, -0.2) is 5.91 Å². The number of halogens is 1. The van der Waals surface area contributed by atoms with Gasteiger partial charge in [-0.25, -0.2) is 0 Å². The fourth-order valence-corrected chi connectivity index (χ4v) is 0.989. The molecular formula is C10H8ClNO. The molecule has 0 bridgehead atoms. The summed E-state index contributed by atoms with van der Waals surface area (Å²) in [4.78, 5) is 10.3. The van der Waals surface area contributed by atoms with Crippen molar-refractivity contribution in [2.24, 2.45) is 5.73 Å². The number of nitrogens with two attached hydrogens (primary N) is 1. The number of amides is 1. The Kier molecular flexibility index (Phi) is 3.36. The summed E-state index contributed by atoms with van der Waals surface area (Å²) in [7, 11) is 0. The van der Waals surface area contributed by atoms with Crippen LogP contribution in [0.25, 0.3) is 0 Å². The molecule has 1 aromatic rings. The van der Waals surface area contributed by atoms with Crippen molar-refractivity contribution in [3.63, 3.8) is 0 Å². The summed E-state index contributed by atoms with van der Waals surface area (Å²) in [6.45, 7) is 0. The predicted molar refractivity (Wildman–Crippen MR) is 52.1 cm³/mol. The van der Waals surface area contributed by atoms with Gasteiger partial charge in [-0.05, 0) is 23.6 Å². The highest BCUT2D eigenvalue weighted by Crippen LogP contribution is 2.05. The van der Waals surface area contributed by atoms with E-state index in [4.69, 9.17) is 17.3 Å². The number of hydrogen-bond acceptors (Lipinski definition) is 1. The molecule has 2 N–H and O–H groups in total. The van der Waals surface area contributed by atoms with Gasteiger partial charge >= 0.3 is 0 Å². The van der Waals surface area contributed by atoms with Gasteiger partial charge in [0.2, 0.25) is 0 Å². The fraction of sp³-hybridized carbons (Fsp3) is 0.100. The van der Waals surface area contributed by atoms with E-state index in [1.54, 1.807) is 12.1 Å². The molecule has 3 heteroatoms. The molecule has 66 valence electrons. The molecule has 0 aliphatic heterocycles. The van der Waals surface area contributed by atoms with Crippen LogP contribution in [0.15, 0.2) is 24.3 Å². The molecule has 0 unspecified atom stereocenters. The molecular weight excluding hydrogens is 186 g/mol. The van der Waals surface area contributed by atoms with E-state index >= 15 is 0 Å². The Bertz CT molecular complexity index is 359. The van der Waals surface area contributed by atoms with Gasteiger partial charge in [0.1, 0.15) is 0 Å². The second-order valence-corrected chi connectivity index (χ2v) is 2.71. The maximum Gasteiger partial charge on any atom is 0.293 e. The number of alkyl halides is 1. The molecule has 0 saturated heterocycles. The Labute approximate surface area is 81.7 Å². The number of rotatable bonds is 1. The van der Waals surface area contributed by atoms with Crippen molar-refractivity contribution < 1.29 is 4.79 Å². The Morgan fingerprint density at radius 2 is 2.00 bits per heavy atom. The molecule has 0 saturated carbocycles. The van der Waals surface area contributed by atoms with E-state index < -0.39 is 5.91 Å². The van der Waals surface area contributed by atoms with Gasteiger partial charge in [0.25, 0.3) is 5.91 Å². The predicted octanol–water partition coefficient (Wildman–Crippen LogP) is 1.26. The Balaban J connectivity index is 2.83. The summed E-state index contributed by atoms with van der Waals surface area (Å²) in [6, 6.07) is 7.32. The van der Waals surface area contributed by atoms with Crippen molar-refractivity contribution in [3.05, 3.63) is 35.4 Å². The van der Waals surface area contributed by atoms with E-state index in [-0.39, 0.29) is 0 Å². The van der Waals surface area contributed by atoms with Gasteiger partial charge in [-0.2, -0.15) is 0 Å². The van der Waals surface area contributed by atoms with E-state index in [1.165, 1.54) is 0 Å². The first-order valence-electron chi connectivity index (χ1n) is 3.68. The monoisotopic (exact) mass is 193 g/mol. The molecule has 2 nitrogen and oxygen atoms in total. The zero-order valence-corrected chi connectivity index (χ0v) is 7.64. The summed E-state index contributed by atoms with van der Waals surface area (Å²) in [6.07, 6.45) is 0. The third-order valence-electron chi connectivity index (χ3n) is 1.44. The van der Waals surface area contributed by atoms with Crippen molar-refractivity contribution >= 4 is 17.5 Å².